The van der Waals surface area contributed by atoms with Crippen molar-refractivity contribution >= 4 is 34.9 Å². The molecule has 2 heterocycles. The molecule has 6 nitrogen and oxygen atoms in total. The van der Waals surface area contributed by atoms with Crippen LogP contribution >= 0.6 is 23.2 Å². The van der Waals surface area contributed by atoms with Gasteiger partial charge >= 0.3 is 6.09 Å². The van der Waals surface area contributed by atoms with E-state index in [0.717, 1.165) is 22.4 Å². The zero-order chi connectivity index (χ0) is 25.7. The maximum absolute atomic E-state index is 14.0. The van der Waals surface area contributed by atoms with Crippen LogP contribution in [0.1, 0.15) is 62.5 Å². The second kappa shape index (κ2) is 9.20. The van der Waals surface area contributed by atoms with Gasteiger partial charge in [0.15, 0.2) is 5.82 Å². The number of carbonyl (C=O) groups is 1. The van der Waals surface area contributed by atoms with Gasteiger partial charge in [0.1, 0.15) is 17.7 Å². The van der Waals surface area contributed by atoms with Crippen molar-refractivity contribution in [2.45, 2.75) is 63.6 Å². The second-order valence-corrected chi connectivity index (χ2v) is 11.4. The normalized spacial score (nSPS) is 19.7. The van der Waals surface area contributed by atoms with Gasteiger partial charge in [-0.25, -0.2) is 9.18 Å². The quantitative estimate of drug-likeness (QED) is 0.335. The van der Waals surface area contributed by atoms with Gasteiger partial charge in [0.2, 0.25) is 0 Å². The number of fused-ring (bicyclic) bond motifs is 3. The summed E-state index contributed by atoms with van der Waals surface area (Å²) < 4.78 is 21.5. The zero-order valence-electron chi connectivity index (χ0n) is 20.4. The molecule has 9 heteroatoms. The Morgan fingerprint density at radius 2 is 2.00 bits per heavy atom. The molecular formula is C27H27Cl2FN4O2. The van der Waals surface area contributed by atoms with Crippen molar-refractivity contribution in [1.29, 1.82) is 0 Å². The number of amides is 1. The van der Waals surface area contributed by atoms with Gasteiger partial charge in [0.05, 0.1) is 28.7 Å². The number of rotatable bonds is 2. The van der Waals surface area contributed by atoms with E-state index in [1.165, 1.54) is 6.07 Å². The Morgan fingerprint density at radius 1 is 1.19 bits per heavy atom. The van der Waals surface area contributed by atoms with E-state index in [1.54, 1.807) is 17.3 Å². The summed E-state index contributed by atoms with van der Waals surface area (Å²) in [5, 5.41) is 8.41. The Morgan fingerprint density at radius 3 is 2.72 bits per heavy atom. The van der Waals surface area contributed by atoms with Gasteiger partial charge in [-0.15, -0.1) is 21.8 Å². The number of ether oxygens (including phenoxy) is 1. The molecule has 0 saturated carbocycles. The summed E-state index contributed by atoms with van der Waals surface area (Å²) in [7, 11) is 0. The number of hydrogen-bond donors (Lipinski definition) is 0. The van der Waals surface area contributed by atoms with Crippen LogP contribution in [0, 0.1) is 5.82 Å². The molecular weight excluding hydrogens is 502 g/mol. The molecule has 1 amide bonds. The van der Waals surface area contributed by atoms with Crippen molar-refractivity contribution in [3.8, 4) is 5.69 Å². The molecule has 188 valence electrons. The van der Waals surface area contributed by atoms with Crippen LogP contribution < -0.4 is 0 Å². The van der Waals surface area contributed by atoms with Crippen LogP contribution in [0.15, 0.2) is 48.8 Å². The third-order valence-electron chi connectivity index (χ3n) is 6.58. The van der Waals surface area contributed by atoms with Gasteiger partial charge in [-0.3, -0.25) is 9.47 Å². The minimum absolute atomic E-state index is 0.142. The number of carbonyl (C=O) groups excluding carboxylic acids is 1. The molecule has 0 saturated heterocycles. The lowest BCUT2D eigenvalue weighted by atomic mass is 9.81. The molecule has 0 fully saturated rings. The maximum atomic E-state index is 14.0. The molecule has 0 N–H and O–H groups in total. The first-order valence-corrected chi connectivity index (χ1v) is 12.6. The molecule has 3 aromatic rings. The number of allylic oxidation sites excluding steroid dienone is 2. The first-order chi connectivity index (χ1) is 17.0. The van der Waals surface area contributed by atoms with E-state index < -0.39 is 22.4 Å². The molecule has 1 unspecified atom stereocenters. The number of alkyl halides is 1. The van der Waals surface area contributed by atoms with Crippen LogP contribution in [0.5, 0.6) is 0 Å². The van der Waals surface area contributed by atoms with Crippen LogP contribution in [0.3, 0.4) is 0 Å². The summed E-state index contributed by atoms with van der Waals surface area (Å²) in [6, 6.07) is 10.9. The largest absolute Gasteiger partial charge is 0.444 e. The number of hydrogen-bond acceptors (Lipinski definition) is 4. The van der Waals surface area contributed by atoms with E-state index in [0.29, 0.717) is 37.2 Å². The van der Waals surface area contributed by atoms with Gasteiger partial charge in [0.25, 0.3) is 0 Å². The second-order valence-electron chi connectivity index (χ2n) is 10.3. The fourth-order valence-electron chi connectivity index (χ4n) is 4.76. The number of nitrogens with zero attached hydrogens (tertiary/aromatic N) is 4. The van der Waals surface area contributed by atoms with Crippen molar-refractivity contribution in [3.63, 3.8) is 0 Å². The van der Waals surface area contributed by atoms with E-state index >= 15 is 0 Å². The van der Waals surface area contributed by atoms with E-state index in [-0.39, 0.29) is 11.6 Å². The standard InChI is InChI=1S/C27H27Cl2FN4O2/c1-26(2,3)36-25(35)33-14-18-13-19(7-8-22(18)34-16-31-32-23(34)15-33)27(29)11-9-17(10-12-27)20-5-4-6-21(30)24(20)28/h4-9,13,16H,10-12,14-15H2,1-3H3. The lowest BCUT2D eigenvalue weighted by Gasteiger charge is -2.32. The lowest BCUT2D eigenvalue weighted by molar-refractivity contribution is 0.0214. The molecule has 2 aliphatic rings. The molecule has 5 rings (SSSR count). The maximum Gasteiger partial charge on any atom is 0.411 e. The summed E-state index contributed by atoms with van der Waals surface area (Å²) in [6.45, 7) is 6.17. The average molecular weight is 529 g/mol. The number of aromatic nitrogens is 3. The molecule has 0 spiro atoms. The van der Waals surface area contributed by atoms with Crippen LogP contribution in [0.4, 0.5) is 9.18 Å². The zero-order valence-corrected chi connectivity index (χ0v) is 21.9. The van der Waals surface area contributed by atoms with Crippen LogP contribution in [-0.4, -0.2) is 31.4 Å². The van der Waals surface area contributed by atoms with Crippen molar-refractivity contribution in [2.75, 3.05) is 0 Å². The van der Waals surface area contributed by atoms with Gasteiger partial charge in [-0.05, 0) is 74.4 Å². The lowest BCUT2D eigenvalue weighted by Crippen LogP contribution is -2.36. The van der Waals surface area contributed by atoms with Gasteiger partial charge < -0.3 is 4.74 Å². The molecule has 1 aliphatic carbocycles. The van der Waals surface area contributed by atoms with Crippen molar-refractivity contribution in [2.24, 2.45) is 0 Å². The fraction of sp³-hybridized carbons (Fsp3) is 0.370. The average Bonchev–Trinajstić information content (AvgIpc) is 3.22. The molecule has 36 heavy (non-hydrogen) atoms. The van der Waals surface area contributed by atoms with Crippen LogP contribution in [0.25, 0.3) is 11.3 Å². The number of halogens is 3. The fourth-order valence-corrected chi connectivity index (χ4v) is 5.30. The summed E-state index contributed by atoms with van der Waals surface area (Å²) in [6.07, 6.45) is 5.20. The number of benzene rings is 2. The smallest absolute Gasteiger partial charge is 0.411 e. The minimum Gasteiger partial charge on any atom is -0.444 e. The highest BCUT2D eigenvalue weighted by Crippen LogP contribution is 2.46. The molecule has 1 aliphatic heterocycles. The van der Waals surface area contributed by atoms with Gasteiger partial charge in [0, 0.05) is 0 Å². The van der Waals surface area contributed by atoms with E-state index in [2.05, 4.69) is 16.3 Å². The Hall–Kier alpha value is -2.90. The van der Waals surface area contributed by atoms with Crippen LogP contribution in [-0.2, 0) is 22.7 Å². The first kappa shape index (κ1) is 24.8. The first-order valence-electron chi connectivity index (χ1n) is 11.9. The van der Waals surface area contributed by atoms with E-state index in [4.69, 9.17) is 27.9 Å². The molecule has 1 atom stereocenters. The van der Waals surface area contributed by atoms with E-state index in [1.807, 2.05) is 49.6 Å². The predicted molar refractivity (Wildman–Crippen MR) is 138 cm³/mol. The SMILES string of the molecule is CC(C)(C)OC(=O)N1Cc2cc(C3(Cl)CC=C(c4cccc(F)c4Cl)CC3)ccc2-n2cnnc2C1. The Kier molecular flexibility index (Phi) is 6.33. The summed E-state index contributed by atoms with van der Waals surface area (Å²) >= 11 is 13.4. The topological polar surface area (TPSA) is 60.2 Å². The Bertz CT molecular complexity index is 1360. The highest BCUT2D eigenvalue weighted by molar-refractivity contribution is 6.32. The highest BCUT2D eigenvalue weighted by Gasteiger charge is 2.34. The summed E-state index contributed by atoms with van der Waals surface area (Å²) in [4.78, 5) is 14.0. The van der Waals surface area contributed by atoms with Gasteiger partial charge in [-0.1, -0.05) is 41.9 Å². The molecule has 0 radical (unpaired) electrons. The monoisotopic (exact) mass is 528 g/mol. The molecule has 1 aromatic heterocycles. The van der Waals surface area contributed by atoms with Crippen molar-refractivity contribution in [1.82, 2.24) is 19.7 Å². The highest BCUT2D eigenvalue weighted by atomic mass is 35.5. The third-order valence-corrected chi connectivity index (χ3v) is 7.53. The van der Waals surface area contributed by atoms with Crippen molar-refractivity contribution in [3.05, 3.63) is 82.2 Å². The van der Waals surface area contributed by atoms with E-state index in [9.17, 15) is 9.18 Å². The Balaban J connectivity index is 1.46. The summed E-state index contributed by atoms with van der Waals surface area (Å²) in [5.74, 6) is 0.233. The molecule has 2 aromatic carbocycles. The Labute approximate surface area is 219 Å². The predicted octanol–water partition coefficient (Wildman–Crippen LogP) is 7.01. The summed E-state index contributed by atoms with van der Waals surface area (Å²) in [5.41, 5.74) is 3.90. The third kappa shape index (κ3) is 4.74. The van der Waals surface area contributed by atoms with Crippen LogP contribution in [0.2, 0.25) is 5.02 Å². The molecule has 0 bridgehead atoms. The minimum atomic E-state index is -0.628. The van der Waals surface area contributed by atoms with Crippen molar-refractivity contribution < 1.29 is 13.9 Å². The van der Waals surface area contributed by atoms with Gasteiger partial charge in [-0.2, -0.15) is 0 Å².